The van der Waals surface area contributed by atoms with Crippen LogP contribution >= 0.6 is 11.6 Å². The summed E-state index contributed by atoms with van der Waals surface area (Å²) in [5.74, 6) is -0.110. The van der Waals surface area contributed by atoms with Gasteiger partial charge in [-0.25, -0.2) is 0 Å². The topological polar surface area (TPSA) is 58.2 Å². The molecule has 4 nitrogen and oxygen atoms in total. The van der Waals surface area contributed by atoms with Gasteiger partial charge in [0.15, 0.2) is 0 Å². The largest absolute Gasteiger partial charge is 0.354 e. The van der Waals surface area contributed by atoms with E-state index in [9.17, 15) is 9.59 Å². The highest BCUT2D eigenvalue weighted by atomic mass is 35.5. The summed E-state index contributed by atoms with van der Waals surface area (Å²) in [6.07, 6.45) is 1.14. The molecule has 1 aromatic rings. The van der Waals surface area contributed by atoms with E-state index in [1.54, 1.807) is 18.2 Å². The summed E-state index contributed by atoms with van der Waals surface area (Å²) < 4.78 is 0. The monoisotopic (exact) mass is 266 g/mol. The number of rotatable bonds is 2. The summed E-state index contributed by atoms with van der Waals surface area (Å²) in [4.78, 5) is 23.0. The van der Waals surface area contributed by atoms with Crippen LogP contribution in [0, 0.1) is 6.92 Å². The van der Waals surface area contributed by atoms with Gasteiger partial charge < -0.3 is 10.6 Å². The fourth-order valence-corrected chi connectivity index (χ4v) is 2.28. The second-order valence-corrected chi connectivity index (χ2v) is 4.97. The lowest BCUT2D eigenvalue weighted by molar-refractivity contribution is -0.122. The molecule has 0 spiro atoms. The smallest absolute Gasteiger partial charge is 0.251 e. The molecule has 5 heteroatoms. The van der Waals surface area contributed by atoms with Crippen LogP contribution in [0.1, 0.15) is 28.8 Å². The van der Waals surface area contributed by atoms with Crippen molar-refractivity contribution in [3.05, 3.63) is 34.3 Å². The Kier molecular flexibility index (Phi) is 3.87. The zero-order chi connectivity index (χ0) is 13.1. The number of hydrogen-bond acceptors (Lipinski definition) is 2. The Morgan fingerprint density at radius 3 is 2.83 bits per heavy atom. The van der Waals surface area contributed by atoms with E-state index < -0.39 is 0 Å². The average molecular weight is 267 g/mol. The van der Waals surface area contributed by atoms with Crippen molar-refractivity contribution < 1.29 is 9.59 Å². The van der Waals surface area contributed by atoms with Crippen LogP contribution in [0.25, 0.3) is 0 Å². The molecular weight excluding hydrogens is 252 g/mol. The molecule has 2 N–H and O–H groups in total. The van der Waals surface area contributed by atoms with E-state index in [1.165, 1.54) is 0 Å². The molecule has 1 aliphatic heterocycles. The number of nitrogens with one attached hydrogen (secondary N) is 2. The molecule has 0 radical (unpaired) electrons. The molecule has 1 fully saturated rings. The third kappa shape index (κ3) is 3.23. The number of aryl methyl sites for hydroxylation is 1. The first-order valence-electron chi connectivity index (χ1n) is 5.89. The summed E-state index contributed by atoms with van der Waals surface area (Å²) >= 11 is 5.92. The molecule has 1 atom stereocenters. The van der Waals surface area contributed by atoms with Crippen LogP contribution in [0.4, 0.5) is 0 Å². The molecule has 1 aromatic carbocycles. The van der Waals surface area contributed by atoms with E-state index in [0.29, 0.717) is 30.0 Å². The highest BCUT2D eigenvalue weighted by Gasteiger charge is 2.20. The Morgan fingerprint density at radius 1 is 1.44 bits per heavy atom. The van der Waals surface area contributed by atoms with Crippen LogP contribution in [0.5, 0.6) is 0 Å². The first kappa shape index (κ1) is 12.9. The lowest BCUT2D eigenvalue weighted by Crippen LogP contribution is -2.47. The van der Waals surface area contributed by atoms with E-state index >= 15 is 0 Å². The fourth-order valence-electron chi connectivity index (χ4n) is 1.99. The highest BCUT2D eigenvalue weighted by molar-refractivity contribution is 6.31. The van der Waals surface area contributed by atoms with Gasteiger partial charge in [-0.05, 0) is 37.1 Å². The van der Waals surface area contributed by atoms with Gasteiger partial charge in [-0.3, -0.25) is 9.59 Å². The summed E-state index contributed by atoms with van der Waals surface area (Å²) in [6, 6.07) is 5.24. The van der Waals surface area contributed by atoms with Gasteiger partial charge >= 0.3 is 0 Å². The molecular formula is C13H15ClN2O2. The zero-order valence-corrected chi connectivity index (χ0v) is 10.9. The van der Waals surface area contributed by atoms with E-state index in [1.807, 2.05) is 6.92 Å². The lowest BCUT2D eigenvalue weighted by Gasteiger charge is -2.23. The number of piperidine rings is 1. The molecule has 1 aliphatic rings. The van der Waals surface area contributed by atoms with Gasteiger partial charge in [0.2, 0.25) is 5.91 Å². The maximum Gasteiger partial charge on any atom is 0.251 e. The average Bonchev–Trinajstić information content (AvgIpc) is 2.31. The molecule has 2 amide bonds. The Bertz CT molecular complexity index is 458. The Morgan fingerprint density at radius 2 is 2.22 bits per heavy atom. The lowest BCUT2D eigenvalue weighted by atomic mass is 10.1. The molecule has 1 saturated heterocycles. The highest BCUT2D eigenvalue weighted by Crippen LogP contribution is 2.15. The molecule has 1 unspecified atom stereocenters. The quantitative estimate of drug-likeness (QED) is 0.855. The first-order valence-corrected chi connectivity index (χ1v) is 6.27. The predicted octanol–water partition coefficient (Wildman–Crippen LogP) is 1.66. The van der Waals surface area contributed by atoms with Crippen molar-refractivity contribution in [3.63, 3.8) is 0 Å². The summed E-state index contributed by atoms with van der Waals surface area (Å²) in [5, 5.41) is 6.18. The van der Waals surface area contributed by atoms with E-state index in [4.69, 9.17) is 11.6 Å². The second kappa shape index (κ2) is 5.40. The number of benzene rings is 1. The van der Waals surface area contributed by atoms with Gasteiger partial charge in [0.1, 0.15) is 0 Å². The molecule has 0 saturated carbocycles. The maximum atomic E-state index is 12.0. The molecule has 2 rings (SSSR count). The van der Waals surface area contributed by atoms with Gasteiger partial charge in [0.25, 0.3) is 5.91 Å². The molecule has 18 heavy (non-hydrogen) atoms. The van der Waals surface area contributed by atoms with Crippen molar-refractivity contribution in [1.82, 2.24) is 10.6 Å². The van der Waals surface area contributed by atoms with E-state index in [2.05, 4.69) is 10.6 Å². The summed E-state index contributed by atoms with van der Waals surface area (Å²) in [7, 11) is 0. The van der Waals surface area contributed by atoms with Crippen LogP contribution < -0.4 is 10.6 Å². The van der Waals surface area contributed by atoms with E-state index in [-0.39, 0.29) is 17.9 Å². The Hall–Kier alpha value is -1.55. The van der Waals surface area contributed by atoms with Crippen LogP contribution in [-0.2, 0) is 4.79 Å². The van der Waals surface area contributed by atoms with Crippen LogP contribution in [-0.4, -0.2) is 24.4 Å². The van der Waals surface area contributed by atoms with Crippen molar-refractivity contribution >= 4 is 23.4 Å². The number of hydrogen-bond donors (Lipinski definition) is 2. The van der Waals surface area contributed by atoms with Gasteiger partial charge in [-0.1, -0.05) is 11.6 Å². The van der Waals surface area contributed by atoms with Crippen molar-refractivity contribution in [2.45, 2.75) is 25.8 Å². The van der Waals surface area contributed by atoms with Gasteiger partial charge in [0.05, 0.1) is 0 Å². The molecule has 0 aromatic heterocycles. The fraction of sp³-hybridized carbons (Fsp3) is 0.385. The van der Waals surface area contributed by atoms with Crippen LogP contribution in [0.15, 0.2) is 18.2 Å². The number of carbonyl (C=O) groups excluding carboxylic acids is 2. The second-order valence-electron chi connectivity index (χ2n) is 4.53. The van der Waals surface area contributed by atoms with Gasteiger partial charge in [-0.2, -0.15) is 0 Å². The van der Waals surface area contributed by atoms with Crippen molar-refractivity contribution in [1.29, 1.82) is 0 Å². The van der Waals surface area contributed by atoms with Crippen molar-refractivity contribution in [2.24, 2.45) is 0 Å². The summed E-state index contributed by atoms with van der Waals surface area (Å²) in [5.41, 5.74) is 1.50. The number of amides is 2. The summed E-state index contributed by atoms with van der Waals surface area (Å²) in [6.45, 7) is 2.38. The van der Waals surface area contributed by atoms with Crippen LogP contribution in [0.3, 0.4) is 0 Å². The third-order valence-corrected chi connectivity index (χ3v) is 3.12. The Labute approximate surface area is 111 Å². The molecule has 96 valence electrons. The number of halogens is 1. The third-order valence-electron chi connectivity index (χ3n) is 2.91. The normalized spacial score (nSPS) is 19.2. The minimum Gasteiger partial charge on any atom is -0.354 e. The van der Waals surface area contributed by atoms with E-state index in [0.717, 1.165) is 5.56 Å². The standard InChI is InChI=1S/C13H15ClN2O2/c1-8-4-9(6-10(14)5-8)13(18)16-11-2-3-12(17)15-7-11/h4-6,11H,2-3,7H2,1H3,(H,15,17)(H,16,18). The number of carbonyl (C=O) groups is 2. The van der Waals surface area contributed by atoms with Gasteiger partial charge in [-0.15, -0.1) is 0 Å². The SMILES string of the molecule is Cc1cc(Cl)cc(C(=O)NC2CCC(=O)NC2)c1. The zero-order valence-electron chi connectivity index (χ0n) is 10.1. The van der Waals surface area contributed by atoms with Gasteiger partial charge in [0, 0.05) is 29.6 Å². The Balaban J connectivity index is 2.01. The maximum absolute atomic E-state index is 12.0. The van der Waals surface area contributed by atoms with Crippen molar-refractivity contribution in [3.8, 4) is 0 Å². The molecule has 0 bridgehead atoms. The van der Waals surface area contributed by atoms with Crippen molar-refractivity contribution in [2.75, 3.05) is 6.54 Å². The minimum absolute atomic E-state index is 0.00510. The predicted molar refractivity (Wildman–Crippen MR) is 69.7 cm³/mol. The first-order chi connectivity index (χ1) is 8.54. The van der Waals surface area contributed by atoms with Crippen LogP contribution in [0.2, 0.25) is 5.02 Å². The molecule has 0 aliphatic carbocycles. The molecule has 1 heterocycles. The minimum atomic E-state index is -0.151.